The standard InChI is InChI=1S/C22H21NO5/c1-14(9-15-10-19(26-2)22-20(11-15)27-13-28-22)21(25)17-3-4-18-16(12-17)5-6-23(18)7-8-24/h3-6,9-12,24H,7-8,13H2,1-2H3. The van der Waals surface area contributed by atoms with E-state index in [0.29, 0.717) is 34.9 Å². The van der Waals surface area contributed by atoms with Gasteiger partial charge in [-0.3, -0.25) is 4.79 Å². The topological polar surface area (TPSA) is 69.9 Å². The number of carbonyl (C=O) groups excluding carboxylic acids is 1. The molecule has 28 heavy (non-hydrogen) atoms. The van der Waals surface area contributed by atoms with Crippen LogP contribution in [0.3, 0.4) is 0 Å². The lowest BCUT2D eigenvalue weighted by atomic mass is 10.0. The molecule has 0 saturated heterocycles. The second-order valence-corrected chi connectivity index (χ2v) is 6.62. The average molecular weight is 379 g/mol. The third-order valence-electron chi connectivity index (χ3n) is 4.80. The van der Waals surface area contributed by atoms with Crippen molar-refractivity contribution < 1.29 is 24.1 Å². The van der Waals surface area contributed by atoms with Crippen LogP contribution in [-0.4, -0.2) is 36.0 Å². The van der Waals surface area contributed by atoms with E-state index in [0.717, 1.165) is 16.5 Å². The monoisotopic (exact) mass is 379 g/mol. The lowest BCUT2D eigenvalue weighted by Crippen LogP contribution is -2.02. The zero-order chi connectivity index (χ0) is 19.7. The highest BCUT2D eigenvalue weighted by Crippen LogP contribution is 2.42. The summed E-state index contributed by atoms with van der Waals surface area (Å²) in [6.07, 6.45) is 3.73. The Morgan fingerprint density at radius 3 is 2.89 bits per heavy atom. The summed E-state index contributed by atoms with van der Waals surface area (Å²) in [6.45, 7) is 2.56. The van der Waals surface area contributed by atoms with Crippen molar-refractivity contribution in [3.8, 4) is 17.2 Å². The number of benzene rings is 2. The van der Waals surface area contributed by atoms with Crippen LogP contribution in [0, 0.1) is 0 Å². The lowest BCUT2D eigenvalue weighted by Gasteiger charge is -2.07. The molecule has 6 heteroatoms. The van der Waals surface area contributed by atoms with Gasteiger partial charge < -0.3 is 23.9 Å². The molecule has 0 aliphatic carbocycles. The van der Waals surface area contributed by atoms with E-state index in [2.05, 4.69) is 0 Å². The molecule has 1 aliphatic rings. The number of aliphatic hydroxyl groups excluding tert-OH is 1. The van der Waals surface area contributed by atoms with Gasteiger partial charge in [0, 0.05) is 29.2 Å². The number of Topliss-reactive ketones (excluding diaryl/α,β-unsaturated/α-hetero) is 1. The Balaban J connectivity index is 1.64. The summed E-state index contributed by atoms with van der Waals surface area (Å²) in [5.74, 6) is 1.72. The highest BCUT2D eigenvalue weighted by Gasteiger charge is 2.20. The maximum atomic E-state index is 12.9. The minimum atomic E-state index is -0.0477. The molecule has 0 atom stereocenters. The molecule has 0 bridgehead atoms. The van der Waals surface area contributed by atoms with Crippen LogP contribution in [0.1, 0.15) is 22.8 Å². The van der Waals surface area contributed by atoms with Gasteiger partial charge >= 0.3 is 0 Å². The minimum Gasteiger partial charge on any atom is -0.493 e. The molecule has 4 rings (SSSR count). The summed E-state index contributed by atoms with van der Waals surface area (Å²) in [5.41, 5.74) is 3.03. The van der Waals surface area contributed by atoms with Crippen molar-refractivity contribution in [1.29, 1.82) is 0 Å². The number of allylic oxidation sites excluding steroid dienone is 1. The first-order valence-electron chi connectivity index (χ1n) is 9.01. The lowest BCUT2D eigenvalue weighted by molar-refractivity contribution is 0.103. The molecule has 6 nitrogen and oxygen atoms in total. The van der Waals surface area contributed by atoms with E-state index in [4.69, 9.17) is 19.3 Å². The summed E-state index contributed by atoms with van der Waals surface area (Å²) in [4.78, 5) is 12.9. The molecule has 0 fully saturated rings. The fraction of sp³-hybridized carbons (Fsp3) is 0.227. The highest BCUT2D eigenvalue weighted by atomic mass is 16.7. The Hall–Kier alpha value is -3.25. The smallest absolute Gasteiger partial charge is 0.231 e. The van der Waals surface area contributed by atoms with Crippen molar-refractivity contribution in [2.24, 2.45) is 0 Å². The van der Waals surface area contributed by atoms with Gasteiger partial charge in [0.1, 0.15) is 0 Å². The second kappa shape index (κ2) is 7.40. The fourth-order valence-corrected chi connectivity index (χ4v) is 3.42. The Bertz CT molecular complexity index is 1080. The van der Waals surface area contributed by atoms with Crippen molar-refractivity contribution in [2.75, 3.05) is 20.5 Å². The van der Waals surface area contributed by atoms with Gasteiger partial charge in [-0.05, 0) is 60.5 Å². The molecule has 3 aromatic rings. The van der Waals surface area contributed by atoms with Gasteiger partial charge in [-0.2, -0.15) is 0 Å². The van der Waals surface area contributed by atoms with Crippen LogP contribution in [0.2, 0.25) is 0 Å². The van der Waals surface area contributed by atoms with Crippen LogP contribution in [-0.2, 0) is 6.54 Å². The van der Waals surface area contributed by atoms with E-state index in [1.54, 1.807) is 14.0 Å². The largest absolute Gasteiger partial charge is 0.493 e. The number of aliphatic hydroxyl groups is 1. The summed E-state index contributed by atoms with van der Waals surface area (Å²) < 4.78 is 18.2. The summed E-state index contributed by atoms with van der Waals surface area (Å²) in [6, 6.07) is 11.2. The van der Waals surface area contributed by atoms with Crippen molar-refractivity contribution in [3.05, 3.63) is 59.3 Å². The quantitative estimate of drug-likeness (QED) is 0.523. The molecule has 1 N–H and O–H groups in total. The molecule has 144 valence electrons. The number of ketones is 1. The number of carbonyl (C=O) groups is 1. The van der Waals surface area contributed by atoms with Gasteiger partial charge in [-0.1, -0.05) is 0 Å². The Morgan fingerprint density at radius 1 is 1.25 bits per heavy atom. The number of fused-ring (bicyclic) bond motifs is 2. The van der Waals surface area contributed by atoms with Crippen LogP contribution in [0.25, 0.3) is 17.0 Å². The molecule has 2 aromatic carbocycles. The van der Waals surface area contributed by atoms with Crippen molar-refractivity contribution in [2.45, 2.75) is 13.5 Å². The van der Waals surface area contributed by atoms with Gasteiger partial charge in [0.15, 0.2) is 17.3 Å². The number of hydrogen-bond acceptors (Lipinski definition) is 5. The second-order valence-electron chi connectivity index (χ2n) is 6.62. The maximum Gasteiger partial charge on any atom is 0.231 e. The SMILES string of the molecule is COc1cc(C=C(C)C(=O)c2ccc3c(ccn3CCO)c2)cc2c1OCO2. The van der Waals surface area contributed by atoms with Gasteiger partial charge in [-0.25, -0.2) is 0 Å². The molecular weight excluding hydrogens is 358 g/mol. The Kier molecular flexibility index (Phi) is 4.79. The van der Waals surface area contributed by atoms with Gasteiger partial charge in [0.2, 0.25) is 12.5 Å². The first kappa shape index (κ1) is 18.1. The molecule has 2 heterocycles. The molecule has 0 spiro atoms. The van der Waals surface area contributed by atoms with E-state index in [-0.39, 0.29) is 19.2 Å². The average Bonchev–Trinajstić information content (AvgIpc) is 3.33. The van der Waals surface area contributed by atoms with Gasteiger partial charge in [-0.15, -0.1) is 0 Å². The van der Waals surface area contributed by atoms with Crippen molar-refractivity contribution >= 4 is 22.8 Å². The van der Waals surface area contributed by atoms with Gasteiger partial charge in [0.25, 0.3) is 0 Å². The number of methoxy groups -OCH3 is 1. The minimum absolute atomic E-state index is 0.0477. The van der Waals surface area contributed by atoms with Crippen LogP contribution >= 0.6 is 0 Å². The first-order valence-corrected chi connectivity index (χ1v) is 9.01. The van der Waals surface area contributed by atoms with E-state index in [1.165, 1.54) is 0 Å². The van der Waals surface area contributed by atoms with E-state index in [1.807, 2.05) is 53.2 Å². The third kappa shape index (κ3) is 3.23. The molecule has 0 amide bonds. The van der Waals surface area contributed by atoms with Crippen molar-refractivity contribution in [3.63, 3.8) is 0 Å². The highest BCUT2D eigenvalue weighted by molar-refractivity contribution is 6.12. The molecule has 0 saturated carbocycles. The third-order valence-corrected chi connectivity index (χ3v) is 4.80. The van der Waals surface area contributed by atoms with Crippen LogP contribution in [0.4, 0.5) is 0 Å². The number of nitrogens with zero attached hydrogens (tertiary/aromatic N) is 1. The van der Waals surface area contributed by atoms with Crippen LogP contribution in [0.15, 0.2) is 48.2 Å². The predicted octanol–water partition coefficient (Wildman–Crippen LogP) is 3.66. The van der Waals surface area contributed by atoms with Crippen LogP contribution < -0.4 is 14.2 Å². The van der Waals surface area contributed by atoms with Gasteiger partial charge in [0.05, 0.1) is 13.7 Å². The Labute approximate surface area is 162 Å². The Morgan fingerprint density at radius 2 is 2.11 bits per heavy atom. The molecule has 0 radical (unpaired) electrons. The van der Waals surface area contributed by atoms with E-state index in [9.17, 15) is 4.79 Å². The number of hydrogen-bond donors (Lipinski definition) is 1. The molecule has 0 unspecified atom stereocenters. The summed E-state index contributed by atoms with van der Waals surface area (Å²) in [7, 11) is 1.57. The normalized spacial score (nSPS) is 13.2. The number of aromatic nitrogens is 1. The van der Waals surface area contributed by atoms with E-state index < -0.39 is 0 Å². The number of ether oxygens (including phenoxy) is 3. The molecule has 1 aliphatic heterocycles. The molecular formula is C22H21NO5. The molecule has 1 aromatic heterocycles. The van der Waals surface area contributed by atoms with Crippen LogP contribution in [0.5, 0.6) is 17.2 Å². The predicted molar refractivity (Wildman–Crippen MR) is 106 cm³/mol. The number of rotatable bonds is 6. The van der Waals surface area contributed by atoms with Crippen molar-refractivity contribution in [1.82, 2.24) is 4.57 Å². The first-order chi connectivity index (χ1) is 13.6. The fourth-order valence-electron chi connectivity index (χ4n) is 3.42. The maximum absolute atomic E-state index is 12.9. The summed E-state index contributed by atoms with van der Waals surface area (Å²) in [5, 5.41) is 10.1. The zero-order valence-corrected chi connectivity index (χ0v) is 15.8. The van der Waals surface area contributed by atoms with E-state index >= 15 is 0 Å². The summed E-state index contributed by atoms with van der Waals surface area (Å²) >= 11 is 0. The zero-order valence-electron chi connectivity index (χ0n) is 15.8.